The van der Waals surface area contributed by atoms with Crippen molar-refractivity contribution in [1.82, 2.24) is 20.3 Å². The average molecular weight is 409 g/mol. The minimum absolute atomic E-state index is 0.225. The monoisotopic (exact) mass is 408 g/mol. The third-order valence-corrected chi connectivity index (χ3v) is 5.88. The van der Waals surface area contributed by atoms with Crippen LogP contribution in [-0.2, 0) is 9.47 Å². The van der Waals surface area contributed by atoms with E-state index in [4.69, 9.17) is 24.4 Å². The van der Waals surface area contributed by atoms with Crippen molar-refractivity contribution in [3.63, 3.8) is 0 Å². The van der Waals surface area contributed by atoms with Crippen molar-refractivity contribution in [3.05, 3.63) is 36.2 Å². The highest BCUT2D eigenvalue weighted by molar-refractivity contribution is 5.90. The summed E-state index contributed by atoms with van der Waals surface area (Å²) >= 11 is 0. The Morgan fingerprint density at radius 1 is 0.967 bits per heavy atom. The van der Waals surface area contributed by atoms with Gasteiger partial charge < -0.3 is 24.6 Å². The summed E-state index contributed by atoms with van der Waals surface area (Å²) in [6.07, 6.45) is 6.20. The Balaban J connectivity index is 1.64. The third-order valence-electron chi connectivity index (χ3n) is 5.88. The zero-order valence-corrected chi connectivity index (χ0v) is 17.5. The molecular formula is C22H28N6O2. The maximum Gasteiger partial charge on any atom is 0.229 e. The number of aromatic nitrogens is 3. The van der Waals surface area contributed by atoms with Crippen molar-refractivity contribution in [2.75, 3.05) is 55.9 Å². The summed E-state index contributed by atoms with van der Waals surface area (Å²) in [6, 6.07) is 4.63. The Bertz CT molecular complexity index is 991. The fourth-order valence-electron chi connectivity index (χ4n) is 4.19. The largest absolute Gasteiger partial charge is 0.387 e. The van der Waals surface area contributed by atoms with Gasteiger partial charge in [0, 0.05) is 31.4 Å². The summed E-state index contributed by atoms with van der Waals surface area (Å²) in [5.41, 5.74) is 2.70. The Labute approximate surface area is 176 Å². The molecule has 1 N–H and O–H groups in total. The van der Waals surface area contributed by atoms with Gasteiger partial charge in [0.2, 0.25) is 5.95 Å². The lowest BCUT2D eigenvalue weighted by Crippen LogP contribution is -2.46. The summed E-state index contributed by atoms with van der Waals surface area (Å²) in [7, 11) is 0. The lowest BCUT2D eigenvalue weighted by atomic mass is 10.1. The predicted octanol–water partition coefficient (Wildman–Crippen LogP) is 1.98. The molecule has 0 saturated carbocycles. The van der Waals surface area contributed by atoms with E-state index in [9.17, 15) is 0 Å². The van der Waals surface area contributed by atoms with Crippen LogP contribution in [0, 0.1) is 0 Å². The van der Waals surface area contributed by atoms with E-state index in [0.29, 0.717) is 26.4 Å². The number of dihydropyridines is 1. The highest BCUT2D eigenvalue weighted by Gasteiger charge is 2.27. The van der Waals surface area contributed by atoms with E-state index >= 15 is 0 Å². The van der Waals surface area contributed by atoms with Crippen LogP contribution < -0.4 is 15.1 Å². The maximum absolute atomic E-state index is 5.66. The first-order valence-electron chi connectivity index (χ1n) is 10.7. The van der Waals surface area contributed by atoms with Gasteiger partial charge in [0.25, 0.3) is 0 Å². The second-order valence-electron chi connectivity index (χ2n) is 8.06. The average Bonchev–Trinajstić information content (AvgIpc) is 2.79. The third kappa shape index (κ3) is 3.61. The first-order chi connectivity index (χ1) is 14.7. The first-order valence-corrected chi connectivity index (χ1v) is 10.7. The zero-order chi connectivity index (χ0) is 20.5. The molecular weight excluding hydrogens is 380 g/mol. The Morgan fingerprint density at radius 2 is 1.73 bits per heavy atom. The molecule has 0 amide bonds. The minimum Gasteiger partial charge on any atom is -0.387 e. The fraction of sp³-hybridized carbons (Fsp3) is 0.500. The lowest BCUT2D eigenvalue weighted by molar-refractivity contribution is 0.0973. The molecule has 3 aliphatic rings. The van der Waals surface area contributed by atoms with Gasteiger partial charge in [-0.25, -0.2) is 4.98 Å². The molecule has 2 atom stereocenters. The summed E-state index contributed by atoms with van der Waals surface area (Å²) in [5, 5.41) is 4.23. The van der Waals surface area contributed by atoms with E-state index in [1.807, 2.05) is 6.20 Å². The van der Waals surface area contributed by atoms with Gasteiger partial charge >= 0.3 is 0 Å². The Kier molecular flexibility index (Phi) is 5.26. The molecule has 5 heterocycles. The summed E-state index contributed by atoms with van der Waals surface area (Å²) in [4.78, 5) is 19.4. The van der Waals surface area contributed by atoms with Gasteiger partial charge in [0.15, 0.2) is 5.65 Å². The molecule has 5 rings (SSSR count). The molecule has 0 aliphatic carbocycles. The lowest BCUT2D eigenvalue weighted by Gasteiger charge is -2.37. The van der Waals surface area contributed by atoms with Crippen LogP contribution in [-0.4, -0.2) is 73.1 Å². The standard InChI is InChI=1S/C22H28N6O2/c1-15-13-29-10-8-27(15)21-18-5-6-19(17-4-3-7-23-12-17)24-20(18)25-22(26-21)28-9-11-30-14-16(28)2/h3-6,12,15-16,23H,7-11,13-14H2,1-2H3/t15-,16-/m0/s1. The van der Waals surface area contributed by atoms with Crippen LogP contribution in [0.4, 0.5) is 11.8 Å². The topological polar surface area (TPSA) is 75.6 Å². The number of rotatable bonds is 3. The quantitative estimate of drug-likeness (QED) is 0.826. The van der Waals surface area contributed by atoms with Gasteiger partial charge in [-0.3, -0.25) is 0 Å². The molecule has 30 heavy (non-hydrogen) atoms. The molecule has 8 nitrogen and oxygen atoms in total. The number of pyridine rings is 1. The van der Waals surface area contributed by atoms with Crippen molar-refractivity contribution >= 4 is 28.4 Å². The molecule has 0 unspecified atom stereocenters. The van der Waals surface area contributed by atoms with E-state index in [1.165, 1.54) is 0 Å². The maximum atomic E-state index is 5.66. The number of hydrogen-bond donors (Lipinski definition) is 1. The van der Waals surface area contributed by atoms with Gasteiger partial charge in [-0.1, -0.05) is 12.2 Å². The number of allylic oxidation sites excluding steroid dienone is 2. The molecule has 2 fully saturated rings. The number of hydrogen-bond acceptors (Lipinski definition) is 8. The number of anilines is 2. The highest BCUT2D eigenvalue weighted by Crippen LogP contribution is 2.30. The number of ether oxygens (including phenoxy) is 2. The van der Waals surface area contributed by atoms with Gasteiger partial charge in [-0.15, -0.1) is 0 Å². The molecule has 158 valence electrons. The molecule has 2 aromatic rings. The molecule has 0 aromatic carbocycles. The van der Waals surface area contributed by atoms with Crippen molar-refractivity contribution in [1.29, 1.82) is 0 Å². The van der Waals surface area contributed by atoms with Crippen LogP contribution in [0.3, 0.4) is 0 Å². The minimum atomic E-state index is 0.225. The van der Waals surface area contributed by atoms with Crippen LogP contribution in [0.15, 0.2) is 30.5 Å². The van der Waals surface area contributed by atoms with Crippen molar-refractivity contribution in [3.8, 4) is 0 Å². The first kappa shape index (κ1) is 19.3. The van der Waals surface area contributed by atoms with E-state index in [0.717, 1.165) is 53.7 Å². The predicted molar refractivity (Wildman–Crippen MR) is 118 cm³/mol. The van der Waals surface area contributed by atoms with Crippen molar-refractivity contribution in [2.24, 2.45) is 0 Å². The molecule has 0 radical (unpaired) electrons. The van der Waals surface area contributed by atoms with E-state index in [-0.39, 0.29) is 12.1 Å². The Morgan fingerprint density at radius 3 is 2.43 bits per heavy atom. The van der Waals surface area contributed by atoms with E-state index in [2.05, 4.69) is 53.2 Å². The summed E-state index contributed by atoms with van der Waals surface area (Å²) in [5.74, 6) is 1.66. The molecule has 2 saturated heterocycles. The zero-order valence-electron chi connectivity index (χ0n) is 17.5. The fourth-order valence-corrected chi connectivity index (χ4v) is 4.19. The van der Waals surface area contributed by atoms with Crippen LogP contribution in [0.5, 0.6) is 0 Å². The molecule has 8 heteroatoms. The molecule has 0 spiro atoms. The number of nitrogens with one attached hydrogen (secondary N) is 1. The van der Waals surface area contributed by atoms with E-state index in [1.54, 1.807) is 0 Å². The smallest absolute Gasteiger partial charge is 0.229 e. The number of fused-ring (bicyclic) bond motifs is 1. The number of nitrogens with zero attached hydrogens (tertiary/aromatic N) is 5. The van der Waals surface area contributed by atoms with Gasteiger partial charge in [-0.05, 0) is 26.0 Å². The van der Waals surface area contributed by atoms with Crippen LogP contribution in [0.1, 0.15) is 19.5 Å². The molecule has 2 aromatic heterocycles. The normalized spacial score (nSPS) is 24.7. The van der Waals surface area contributed by atoms with E-state index < -0.39 is 0 Å². The molecule has 3 aliphatic heterocycles. The van der Waals surface area contributed by atoms with Crippen molar-refractivity contribution in [2.45, 2.75) is 25.9 Å². The summed E-state index contributed by atoms with van der Waals surface area (Å²) in [6.45, 7) is 9.53. The van der Waals surface area contributed by atoms with Gasteiger partial charge in [0.05, 0.1) is 49.6 Å². The van der Waals surface area contributed by atoms with Crippen LogP contribution >= 0.6 is 0 Å². The molecule has 0 bridgehead atoms. The summed E-state index contributed by atoms with van der Waals surface area (Å²) < 4.78 is 11.3. The number of morpholine rings is 2. The van der Waals surface area contributed by atoms with Crippen LogP contribution in [0.2, 0.25) is 0 Å². The van der Waals surface area contributed by atoms with Gasteiger partial charge in [-0.2, -0.15) is 9.97 Å². The Hall–Kier alpha value is -2.71. The van der Waals surface area contributed by atoms with Crippen LogP contribution in [0.25, 0.3) is 16.6 Å². The van der Waals surface area contributed by atoms with Crippen molar-refractivity contribution < 1.29 is 9.47 Å². The highest BCUT2D eigenvalue weighted by atomic mass is 16.5. The second-order valence-corrected chi connectivity index (χ2v) is 8.06. The van der Waals surface area contributed by atoms with Gasteiger partial charge in [0.1, 0.15) is 5.82 Å². The SMILES string of the molecule is C[C@H]1COCCN1c1nc(N2CCOC[C@@H]2C)c2ccc(C3=CNCC=C3)nc2n1. The second kappa shape index (κ2) is 8.20.